The van der Waals surface area contributed by atoms with Crippen LogP contribution in [0, 0.1) is 0 Å². The smallest absolute Gasteiger partial charge is 0.00662 e. The second-order valence-corrected chi connectivity index (χ2v) is 4.52. The van der Waals surface area contributed by atoms with Crippen molar-refractivity contribution in [1.82, 2.24) is 0 Å². The van der Waals surface area contributed by atoms with Crippen LogP contribution in [0.1, 0.15) is 44.2 Å². The fraction of sp³-hybridized carbons (Fsp3) is 0.333. The first-order chi connectivity index (χ1) is 8.69. The van der Waals surface area contributed by atoms with Crippen molar-refractivity contribution < 1.29 is 0 Å². The van der Waals surface area contributed by atoms with Gasteiger partial charge in [-0.15, -0.1) is 0 Å². The normalized spacial score (nSPS) is 13.7. The first kappa shape index (κ1) is 14.5. The summed E-state index contributed by atoms with van der Waals surface area (Å²) in [6.07, 6.45) is 6.02. The summed E-state index contributed by atoms with van der Waals surface area (Å²) in [6.45, 7) is 14.5. The van der Waals surface area contributed by atoms with Crippen molar-refractivity contribution in [2.75, 3.05) is 0 Å². The lowest BCUT2D eigenvalue weighted by molar-refractivity contribution is 0.873. The maximum absolute atomic E-state index is 3.97. The van der Waals surface area contributed by atoms with Crippen molar-refractivity contribution in [1.29, 1.82) is 0 Å². The highest BCUT2D eigenvalue weighted by Gasteiger charge is 2.14. The van der Waals surface area contributed by atoms with E-state index in [1.165, 1.54) is 22.3 Å². The maximum atomic E-state index is 3.97. The minimum absolute atomic E-state index is 0.381. The molecule has 0 aromatic heterocycles. The Balaban J connectivity index is 3.27. The number of rotatable bonds is 6. The van der Waals surface area contributed by atoms with E-state index in [0.717, 1.165) is 12.8 Å². The van der Waals surface area contributed by atoms with E-state index in [1.54, 1.807) is 0 Å². The largest absolute Gasteiger partial charge is 0.0988 e. The summed E-state index contributed by atoms with van der Waals surface area (Å²) in [5.74, 6) is 0.381. The number of hydrogen-bond acceptors (Lipinski definition) is 0. The predicted molar refractivity (Wildman–Crippen MR) is 81.9 cm³/mol. The van der Waals surface area contributed by atoms with E-state index >= 15 is 0 Å². The summed E-state index contributed by atoms with van der Waals surface area (Å²) in [4.78, 5) is 0. The van der Waals surface area contributed by atoms with Crippen LogP contribution in [0.2, 0.25) is 0 Å². The molecule has 0 saturated heterocycles. The molecule has 18 heavy (non-hydrogen) atoms. The van der Waals surface area contributed by atoms with Gasteiger partial charge in [-0.3, -0.25) is 0 Å². The predicted octanol–water partition coefficient (Wildman–Crippen LogP) is 5.43. The number of allylic oxidation sites excluding steroid dienone is 4. The molecular weight excluding hydrogens is 216 g/mol. The number of benzene rings is 1. The average molecular weight is 240 g/mol. The molecule has 1 aromatic rings. The van der Waals surface area contributed by atoms with E-state index in [1.807, 2.05) is 12.2 Å². The molecule has 0 aliphatic carbocycles. The molecule has 0 radical (unpaired) electrons. The Morgan fingerprint density at radius 2 is 1.83 bits per heavy atom. The summed E-state index contributed by atoms with van der Waals surface area (Å²) in [7, 11) is 0. The van der Waals surface area contributed by atoms with Crippen molar-refractivity contribution >= 4 is 0 Å². The van der Waals surface area contributed by atoms with Gasteiger partial charge in [-0.1, -0.05) is 70.3 Å². The third-order valence-corrected chi connectivity index (χ3v) is 3.59. The quantitative estimate of drug-likeness (QED) is 0.581. The molecule has 1 aromatic carbocycles. The Morgan fingerprint density at radius 1 is 1.17 bits per heavy atom. The molecule has 0 aliphatic heterocycles. The van der Waals surface area contributed by atoms with E-state index in [0.29, 0.717) is 5.92 Å². The minimum atomic E-state index is 0.381. The maximum Gasteiger partial charge on any atom is 0.00662 e. The summed E-state index contributed by atoms with van der Waals surface area (Å²) < 4.78 is 0. The molecule has 0 N–H and O–H groups in total. The van der Waals surface area contributed by atoms with Crippen LogP contribution in [0.15, 0.2) is 60.7 Å². The lowest BCUT2D eigenvalue weighted by Crippen LogP contribution is -2.02. The van der Waals surface area contributed by atoms with Gasteiger partial charge < -0.3 is 0 Å². The van der Waals surface area contributed by atoms with Gasteiger partial charge in [-0.2, -0.15) is 0 Å². The zero-order valence-electron chi connectivity index (χ0n) is 11.9. The summed E-state index contributed by atoms with van der Waals surface area (Å²) in [5, 5.41) is 0. The fourth-order valence-electron chi connectivity index (χ4n) is 2.50. The van der Waals surface area contributed by atoms with E-state index in [9.17, 15) is 0 Å². The van der Waals surface area contributed by atoms with Crippen LogP contribution in [-0.2, 0) is 6.42 Å². The monoisotopic (exact) mass is 240 g/mol. The van der Waals surface area contributed by atoms with Crippen LogP contribution in [-0.4, -0.2) is 0 Å². The second kappa shape index (κ2) is 7.00. The molecule has 0 spiro atoms. The van der Waals surface area contributed by atoms with Crippen LogP contribution >= 0.6 is 0 Å². The molecule has 1 atom stereocenters. The van der Waals surface area contributed by atoms with Gasteiger partial charge in [0.25, 0.3) is 0 Å². The zero-order chi connectivity index (χ0) is 13.5. The molecule has 0 aliphatic rings. The van der Waals surface area contributed by atoms with Gasteiger partial charge in [0.05, 0.1) is 0 Å². The lowest BCUT2D eigenvalue weighted by atomic mass is 9.85. The van der Waals surface area contributed by atoms with Gasteiger partial charge in [-0.25, -0.2) is 0 Å². The van der Waals surface area contributed by atoms with Crippen LogP contribution in [0.3, 0.4) is 0 Å². The molecule has 0 nitrogen and oxygen atoms in total. The summed E-state index contributed by atoms with van der Waals surface area (Å²) in [5.41, 5.74) is 5.42. The van der Waals surface area contributed by atoms with Crippen molar-refractivity contribution in [3.05, 3.63) is 71.8 Å². The summed E-state index contributed by atoms with van der Waals surface area (Å²) >= 11 is 0. The molecule has 96 valence electrons. The summed E-state index contributed by atoms with van der Waals surface area (Å²) in [6, 6.07) is 8.67. The lowest BCUT2D eigenvalue weighted by Gasteiger charge is -2.19. The van der Waals surface area contributed by atoms with Gasteiger partial charge >= 0.3 is 0 Å². The van der Waals surface area contributed by atoms with Crippen LogP contribution in [0.4, 0.5) is 0 Å². The first-order valence-corrected chi connectivity index (χ1v) is 6.75. The standard InChI is InChI=1S/C18H24/c1-6-15(7-2)17(9-4)14(5)18-13-11-10-12-16(18)8-3/h6,9-14H,1,4,7-8H2,2-3,5H3/b17-15-. The van der Waals surface area contributed by atoms with Crippen molar-refractivity contribution in [3.63, 3.8) is 0 Å². The van der Waals surface area contributed by atoms with E-state index < -0.39 is 0 Å². The first-order valence-electron chi connectivity index (χ1n) is 6.75. The van der Waals surface area contributed by atoms with Crippen molar-refractivity contribution in [2.24, 2.45) is 0 Å². The third kappa shape index (κ3) is 3.01. The van der Waals surface area contributed by atoms with Gasteiger partial charge in [0.1, 0.15) is 0 Å². The average Bonchev–Trinajstić information content (AvgIpc) is 2.43. The van der Waals surface area contributed by atoms with Gasteiger partial charge in [0.15, 0.2) is 0 Å². The fourth-order valence-corrected chi connectivity index (χ4v) is 2.50. The third-order valence-electron chi connectivity index (χ3n) is 3.59. The Morgan fingerprint density at radius 3 is 2.33 bits per heavy atom. The van der Waals surface area contributed by atoms with Crippen LogP contribution in [0.5, 0.6) is 0 Å². The highest BCUT2D eigenvalue weighted by molar-refractivity contribution is 5.43. The molecule has 0 fully saturated rings. The molecule has 1 rings (SSSR count). The minimum Gasteiger partial charge on any atom is -0.0988 e. The SMILES string of the molecule is C=C/C(CC)=C(\C=C)C(C)c1ccccc1CC. The van der Waals surface area contributed by atoms with Gasteiger partial charge in [0, 0.05) is 5.92 Å². The highest BCUT2D eigenvalue weighted by Crippen LogP contribution is 2.31. The van der Waals surface area contributed by atoms with Crippen molar-refractivity contribution in [2.45, 2.75) is 39.5 Å². The van der Waals surface area contributed by atoms with Gasteiger partial charge in [0.2, 0.25) is 0 Å². The zero-order valence-corrected chi connectivity index (χ0v) is 11.9. The Bertz CT molecular complexity index is 449. The Labute approximate surface area is 112 Å². The number of hydrogen-bond donors (Lipinski definition) is 0. The van der Waals surface area contributed by atoms with Crippen LogP contribution in [0.25, 0.3) is 0 Å². The van der Waals surface area contributed by atoms with Gasteiger partial charge in [-0.05, 0) is 35.1 Å². The molecule has 0 heteroatoms. The van der Waals surface area contributed by atoms with E-state index in [-0.39, 0.29) is 0 Å². The molecule has 0 bridgehead atoms. The molecular formula is C18H24. The van der Waals surface area contributed by atoms with Crippen molar-refractivity contribution in [3.8, 4) is 0 Å². The molecule has 0 amide bonds. The highest BCUT2D eigenvalue weighted by atomic mass is 14.2. The number of aryl methyl sites for hydroxylation is 1. The molecule has 0 saturated carbocycles. The van der Waals surface area contributed by atoms with Crippen LogP contribution < -0.4 is 0 Å². The topological polar surface area (TPSA) is 0 Å². The second-order valence-electron chi connectivity index (χ2n) is 4.52. The van der Waals surface area contributed by atoms with E-state index in [2.05, 4.69) is 58.2 Å². The van der Waals surface area contributed by atoms with E-state index in [4.69, 9.17) is 0 Å². The molecule has 1 unspecified atom stereocenters. The Hall–Kier alpha value is -1.56. The Kier molecular flexibility index (Phi) is 5.64. The molecule has 0 heterocycles.